The van der Waals surface area contributed by atoms with Crippen LogP contribution >= 0.6 is 0 Å². The number of aliphatic hydroxyl groups is 1. The minimum absolute atomic E-state index is 0.390. The molecule has 3 nitrogen and oxygen atoms in total. The van der Waals surface area contributed by atoms with Gasteiger partial charge in [0, 0.05) is 13.2 Å². The molecule has 0 fully saturated rings. The van der Waals surface area contributed by atoms with E-state index in [1.165, 1.54) is 6.42 Å². The first-order valence-corrected chi connectivity index (χ1v) is 6.51. The second-order valence-corrected chi connectivity index (χ2v) is 5.25. The van der Waals surface area contributed by atoms with Gasteiger partial charge in [0.2, 0.25) is 0 Å². The van der Waals surface area contributed by atoms with Crippen molar-refractivity contribution in [3.8, 4) is 0 Å². The summed E-state index contributed by atoms with van der Waals surface area (Å²) in [4.78, 5) is 0. The van der Waals surface area contributed by atoms with Crippen molar-refractivity contribution in [2.45, 2.75) is 53.2 Å². The predicted molar refractivity (Wildman–Crippen MR) is 68.4 cm³/mol. The largest absolute Gasteiger partial charge is 0.380 e. The molecular formula is C13H29NO2. The molecule has 0 amide bonds. The van der Waals surface area contributed by atoms with Gasteiger partial charge in [-0.1, -0.05) is 27.7 Å². The molecule has 0 aliphatic carbocycles. The van der Waals surface area contributed by atoms with Gasteiger partial charge < -0.3 is 9.84 Å². The van der Waals surface area contributed by atoms with Gasteiger partial charge in [0.15, 0.2) is 0 Å². The molecule has 0 aromatic rings. The molecule has 0 spiro atoms. The van der Waals surface area contributed by atoms with Crippen LogP contribution in [0.3, 0.4) is 0 Å². The van der Waals surface area contributed by atoms with Crippen molar-refractivity contribution in [3.63, 3.8) is 0 Å². The number of hydrogen-bond donors (Lipinski definition) is 2. The number of aliphatic hydroxyl groups excluding tert-OH is 1. The average molecular weight is 231 g/mol. The van der Waals surface area contributed by atoms with Gasteiger partial charge in [0.05, 0.1) is 6.61 Å². The van der Waals surface area contributed by atoms with Crippen LogP contribution in [0.15, 0.2) is 0 Å². The first-order chi connectivity index (χ1) is 7.52. The molecule has 1 unspecified atom stereocenters. The predicted octanol–water partition coefficient (Wildman–Crippen LogP) is 2.39. The van der Waals surface area contributed by atoms with Crippen LogP contribution in [0, 0.1) is 11.8 Å². The van der Waals surface area contributed by atoms with E-state index in [1.54, 1.807) is 0 Å². The molecule has 0 aliphatic rings. The fourth-order valence-corrected chi connectivity index (χ4v) is 1.52. The van der Waals surface area contributed by atoms with Crippen LogP contribution in [-0.2, 0) is 4.74 Å². The molecule has 0 aliphatic heterocycles. The lowest BCUT2D eigenvalue weighted by atomic mass is 10.1. The average Bonchev–Trinajstić information content (AvgIpc) is 2.14. The van der Waals surface area contributed by atoms with E-state index in [0.29, 0.717) is 12.5 Å². The summed E-state index contributed by atoms with van der Waals surface area (Å²) in [5.74, 6) is 1.28. The van der Waals surface area contributed by atoms with Crippen molar-refractivity contribution >= 4 is 0 Å². The first-order valence-electron chi connectivity index (χ1n) is 6.51. The molecule has 0 aromatic carbocycles. The SMILES string of the molecule is CC(C)CCCOCCNC(O)CC(C)C. The van der Waals surface area contributed by atoms with Gasteiger partial charge in [-0.15, -0.1) is 0 Å². The molecule has 0 bridgehead atoms. The summed E-state index contributed by atoms with van der Waals surface area (Å²) < 4.78 is 5.47. The molecule has 0 rings (SSSR count). The van der Waals surface area contributed by atoms with E-state index >= 15 is 0 Å². The van der Waals surface area contributed by atoms with E-state index in [2.05, 4.69) is 33.0 Å². The van der Waals surface area contributed by atoms with Gasteiger partial charge in [0.1, 0.15) is 6.23 Å². The Bertz CT molecular complexity index is 149. The lowest BCUT2D eigenvalue weighted by Gasteiger charge is -2.14. The Kier molecular flexibility index (Phi) is 9.99. The van der Waals surface area contributed by atoms with Crippen LogP contribution in [0.25, 0.3) is 0 Å². The van der Waals surface area contributed by atoms with E-state index in [9.17, 15) is 5.11 Å². The Morgan fingerprint density at radius 2 is 1.75 bits per heavy atom. The highest BCUT2D eigenvalue weighted by atomic mass is 16.5. The molecule has 0 saturated heterocycles. The Morgan fingerprint density at radius 3 is 2.31 bits per heavy atom. The number of ether oxygens (including phenoxy) is 1. The molecule has 0 aromatic heterocycles. The standard InChI is InChI=1S/C13H29NO2/c1-11(2)6-5-8-16-9-7-14-13(15)10-12(3)4/h11-15H,5-10H2,1-4H3. The maximum absolute atomic E-state index is 9.53. The summed E-state index contributed by atoms with van der Waals surface area (Å²) in [6.07, 6.45) is 2.77. The lowest BCUT2D eigenvalue weighted by Crippen LogP contribution is -2.32. The third-order valence-corrected chi connectivity index (χ3v) is 2.39. The third-order valence-electron chi connectivity index (χ3n) is 2.39. The lowest BCUT2D eigenvalue weighted by molar-refractivity contribution is 0.0848. The van der Waals surface area contributed by atoms with Gasteiger partial charge in [-0.2, -0.15) is 0 Å². The fraction of sp³-hybridized carbons (Fsp3) is 1.00. The summed E-state index contributed by atoms with van der Waals surface area (Å²) >= 11 is 0. The molecule has 0 radical (unpaired) electrons. The topological polar surface area (TPSA) is 41.5 Å². The normalized spacial score (nSPS) is 13.7. The molecule has 0 saturated carbocycles. The monoisotopic (exact) mass is 231 g/mol. The smallest absolute Gasteiger partial charge is 0.105 e. The number of rotatable bonds is 10. The Morgan fingerprint density at radius 1 is 1.06 bits per heavy atom. The zero-order chi connectivity index (χ0) is 12.4. The Hall–Kier alpha value is -0.120. The maximum atomic E-state index is 9.53. The number of nitrogens with one attached hydrogen (secondary N) is 1. The van der Waals surface area contributed by atoms with Crippen molar-refractivity contribution in [3.05, 3.63) is 0 Å². The summed E-state index contributed by atoms with van der Waals surface area (Å²) in [6.45, 7) is 10.9. The quantitative estimate of drug-likeness (QED) is 0.448. The highest BCUT2D eigenvalue weighted by Gasteiger charge is 2.04. The Labute approximate surface area is 101 Å². The zero-order valence-corrected chi connectivity index (χ0v) is 11.3. The molecule has 1 atom stereocenters. The van der Waals surface area contributed by atoms with Crippen LogP contribution < -0.4 is 5.32 Å². The summed E-state index contributed by atoms with van der Waals surface area (Å²) in [6, 6.07) is 0. The van der Waals surface area contributed by atoms with Crippen LogP contribution in [0.1, 0.15) is 47.0 Å². The molecule has 0 heterocycles. The summed E-state index contributed by atoms with van der Waals surface area (Å²) in [5.41, 5.74) is 0. The van der Waals surface area contributed by atoms with Crippen molar-refractivity contribution < 1.29 is 9.84 Å². The van der Waals surface area contributed by atoms with E-state index in [-0.39, 0.29) is 6.23 Å². The summed E-state index contributed by atoms with van der Waals surface area (Å²) in [5, 5.41) is 12.6. The fourth-order valence-electron chi connectivity index (χ4n) is 1.52. The van der Waals surface area contributed by atoms with Gasteiger partial charge in [-0.25, -0.2) is 0 Å². The van der Waals surface area contributed by atoms with E-state index in [0.717, 1.165) is 31.9 Å². The van der Waals surface area contributed by atoms with Crippen LogP contribution in [0.2, 0.25) is 0 Å². The van der Waals surface area contributed by atoms with Gasteiger partial charge in [-0.05, 0) is 31.1 Å². The van der Waals surface area contributed by atoms with Crippen molar-refractivity contribution in [1.82, 2.24) is 5.32 Å². The van der Waals surface area contributed by atoms with E-state index in [1.807, 2.05) is 0 Å². The minimum atomic E-state index is -0.390. The van der Waals surface area contributed by atoms with Crippen molar-refractivity contribution in [2.75, 3.05) is 19.8 Å². The summed E-state index contributed by atoms with van der Waals surface area (Å²) in [7, 11) is 0. The molecule has 98 valence electrons. The van der Waals surface area contributed by atoms with Crippen molar-refractivity contribution in [1.29, 1.82) is 0 Å². The van der Waals surface area contributed by atoms with Gasteiger partial charge >= 0.3 is 0 Å². The van der Waals surface area contributed by atoms with Crippen LogP contribution in [-0.4, -0.2) is 31.1 Å². The third kappa shape index (κ3) is 12.0. The second kappa shape index (κ2) is 10.1. The van der Waals surface area contributed by atoms with Crippen LogP contribution in [0.4, 0.5) is 0 Å². The highest BCUT2D eigenvalue weighted by Crippen LogP contribution is 2.03. The van der Waals surface area contributed by atoms with Crippen molar-refractivity contribution in [2.24, 2.45) is 11.8 Å². The molecule has 2 N–H and O–H groups in total. The van der Waals surface area contributed by atoms with E-state index < -0.39 is 0 Å². The highest BCUT2D eigenvalue weighted by molar-refractivity contribution is 4.56. The zero-order valence-electron chi connectivity index (χ0n) is 11.3. The minimum Gasteiger partial charge on any atom is -0.380 e. The van der Waals surface area contributed by atoms with Gasteiger partial charge in [0.25, 0.3) is 0 Å². The second-order valence-electron chi connectivity index (χ2n) is 5.25. The Balaban J connectivity index is 3.14. The maximum Gasteiger partial charge on any atom is 0.105 e. The molecular weight excluding hydrogens is 202 g/mol. The number of hydrogen-bond acceptors (Lipinski definition) is 3. The molecule has 3 heteroatoms. The van der Waals surface area contributed by atoms with Crippen LogP contribution in [0.5, 0.6) is 0 Å². The molecule has 16 heavy (non-hydrogen) atoms. The van der Waals surface area contributed by atoms with Gasteiger partial charge in [-0.3, -0.25) is 5.32 Å². The first kappa shape index (κ1) is 15.9. The van der Waals surface area contributed by atoms with E-state index in [4.69, 9.17) is 4.74 Å².